The standard InChI is InChI=1S/C14H24N4O2S/c1-4-15-14(19)17-11-7-18(8-12(11)20-3)6-5-13-10(2)16-9-21-13/h9,11-12H,4-8H2,1-3H3,(H2,15,17,19)/t11-,12+/m1/s1. The van der Waals surface area contributed by atoms with Gasteiger partial charge in [0.1, 0.15) is 0 Å². The number of nitrogens with one attached hydrogen (secondary N) is 2. The Morgan fingerprint density at radius 2 is 2.38 bits per heavy atom. The lowest BCUT2D eigenvalue weighted by Gasteiger charge is -2.18. The van der Waals surface area contributed by atoms with Crippen molar-refractivity contribution in [1.29, 1.82) is 0 Å². The minimum absolute atomic E-state index is 0.0455. The summed E-state index contributed by atoms with van der Waals surface area (Å²) in [5.41, 5.74) is 3.02. The second kappa shape index (κ2) is 7.72. The SMILES string of the molecule is CCNC(=O)N[C@@H]1CN(CCc2scnc2C)C[C@@H]1OC. The summed E-state index contributed by atoms with van der Waals surface area (Å²) in [7, 11) is 1.70. The van der Waals surface area contributed by atoms with Gasteiger partial charge in [-0.25, -0.2) is 9.78 Å². The van der Waals surface area contributed by atoms with Crippen LogP contribution in [0.2, 0.25) is 0 Å². The van der Waals surface area contributed by atoms with Crippen LogP contribution in [0.4, 0.5) is 4.79 Å². The molecule has 2 N–H and O–H groups in total. The fraction of sp³-hybridized carbons (Fsp3) is 0.714. The van der Waals surface area contributed by atoms with Crippen molar-refractivity contribution in [2.75, 3.05) is 33.3 Å². The topological polar surface area (TPSA) is 66.5 Å². The number of nitrogens with zero attached hydrogens (tertiary/aromatic N) is 2. The Balaban J connectivity index is 1.83. The summed E-state index contributed by atoms with van der Waals surface area (Å²) in [5.74, 6) is 0. The number of carbonyl (C=O) groups excluding carboxylic acids is 1. The van der Waals surface area contributed by atoms with Gasteiger partial charge in [0.05, 0.1) is 23.4 Å². The lowest BCUT2D eigenvalue weighted by molar-refractivity contribution is 0.0917. The maximum absolute atomic E-state index is 11.7. The Labute approximate surface area is 129 Å². The number of urea groups is 1. The molecule has 6 nitrogen and oxygen atoms in total. The van der Waals surface area contributed by atoms with Crippen LogP contribution in [-0.4, -0.2) is 61.3 Å². The summed E-state index contributed by atoms with van der Waals surface area (Å²) in [6.45, 7) is 7.24. The molecule has 1 aromatic rings. The minimum Gasteiger partial charge on any atom is -0.378 e. The van der Waals surface area contributed by atoms with Gasteiger partial charge < -0.3 is 15.4 Å². The molecule has 0 aromatic carbocycles. The largest absolute Gasteiger partial charge is 0.378 e. The molecular weight excluding hydrogens is 288 g/mol. The summed E-state index contributed by atoms with van der Waals surface area (Å²) in [4.78, 5) is 19.6. The second-order valence-corrected chi connectivity index (χ2v) is 6.19. The number of ether oxygens (including phenoxy) is 1. The second-order valence-electron chi connectivity index (χ2n) is 5.25. The molecule has 2 rings (SSSR count). The number of likely N-dealkylation sites (tertiary alicyclic amines) is 1. The van der Waals surface area contributed by atoms with Crippen molar-refractivity contribution in [2.45, 2.75) is 32.4 Å². The predicted octanol–water partition coefficient (Wildman–Crippen LogP) is 1.01. The minimum atomic E-state index is -0.121. The Morgan fingerprint density at radius 1 is 1.57 bits per heavy atom. The van der Waals surface area contributed by atoms with E-state index in [4.69, 9.17) is 4.74 Å². The van der Waals surface area contributed by atoms with Crippen LogP contribution >= 0.6 is 11.3 Å². The third kappa shape index (κ3) is 4.39. The van der Waals surface area contributed by atoms with E-state index >= 15 is 0 Å². The molecule has 2 atom stereocenters. The van der Waals surface area contributed by atoms with Crippen LogP contribution in [0.1, 0.15) is 17.5 Å². The number of amides is 2. The first kappa shape index (κ1) is 16.2. The van der Waals surface area contributed by atoms with Crippen molar-refractivity contribution in [1.82, 2.24) is 20.5 Å². The molecular formula is C14H24N4O2S. The highest BCUT2D eigenvalue weighted by Crippen LogP contribution is 2.17. The summed E-state index contributed by atoms with van der Waals surface area (Å²) in [6, 6.07) is -0.0752. The van der Waals surface area contributed by atoms with E-state index in [9.17, 15) is 4.79 Å². The number of hydrogen-bond donors (Lipinski definition) is 2. The van der Waals surface area contributed by atoms with Crippen molar-refractivity contribution in [3.05, 3.63) is 16.1 Å². The van der Waals surface area contributed by atoms with E-state index in [1.165, 1.54) is 4.88 Å². The van der Waals surface area contributed by atoms with Crippen molar-refractivity contribution in [3.8, 4) is 0 Å². The smallest absolute Gasteiger partial charge is 0.315 e. The fourth-order valence-corrected chi connectivity index (χ4v) is 3.39. The predicted molar refractivity (Wildman–Crippen MR) is 83.8 cm³/mol. The van der Waals surface area contributed by atoms with Gasteiger partial charge in [-0.2, -0.15) is 0 Å². The number of rotatable bonds is 6. The molecule has 1 aliphatic heterocycles. The first-order valence-corrected chi connectivity index (χ1v) is 8.20. The van der Waals surface area contributed by atoms with Gasteiger partial charge in [-0.05, 0) is 20.3 Å². The van der Waals surface area contributed by atoms with Crippen LogP contribution in [-0.2, 0) is 11.2 Å². The van der Waals surface area contributed by atoms with Gasteiger partial charge in [-0.1, -0.05) is 0 Å². The number of aryl methyl sites for hydroxylation is 1. The maximum atomic E-state index is 11.7. The number of thiazole rings is 1. The molecule has 0 aliphatic carbocycles. The van der Waals surface area contributed by atoms with E-state index in [-0.39, 0.29) is 18.2 Å². The highest BCUT2D eigenvalue weighted by molar-refractivity contribution is 7.09. The van der Waals surface area contributed by atoms with Gasteiger partial charge in [0.25, 0.3) is 0 Å². The normalized spacial score (nSPS) is 22.4. The van der Waals surface area contributed by atoms with Crippen LogP contribution in [0.25, 0.3) is 0 Å². The van der Waals surface area contributed by atoms with Crippen molar-refractivity contribution >= 4 is 17.4 Å². The van der Waals surface area contributed by atoms with Crippen LogP contribution in [0.15, 0.2) is 5.51 Å². The lowest BCUT2D eigenvalue weighted by atomic mass is 10.2. The van der Waals surface area contributed by atoms with Gasteiger partial charge in [0.2, 0.25) is 0 Å². The van der Waals surface area contributed by atoms with Crippen LogP contribution in [0.3, 0.4) is 0 Å². The van der Waals surface area contributed by atoms with E-state index in [1.807, 2.05) is 19.4 Å². The van der Waals surface area contributed by atoms with Crippen molar-refractivity contribution in [2.24, 2.45) is 0 Å². The molecule has 7 heteroatoms. The van der Waals surface area contributed by atoms with Crippen LogP contribution in [0, 0.1) is 6.92 Å². The highest BCUT2D eigenvalue weighted by Gasteiger charge is 2.33. The molecule has 1 aromatic heterocycles. The number of methoxy groups -OCH3 is 1. The molecule has 2 amide bonds. The molecule has 0 spiro atoms. The number of hydrogen-bond acceptors (Lipinski definition) is 5. The molecule has 1 saturated heterocycles. The van der Waals surface area contributed by atoms with E-state index in [0.29, 0.717) is 6.54 Å². The molecule has 1 fully saturated rings. The third-order valence-corrected chi connectivity index (χ3v) is 4.79. The Bertz CT molecular complexity index is 466. The summed E-state index contributed by atoms with van der Waals surface area (Å²) in [6.07, 6.45) is 1.05. The maximum Gasteiger partial charge on any atom is 0.315 e. The number of aromatic nitrogens is 1. The molecule has 21 heavy (non-hydrogen) atoms. The van der Waals surface area contributed by atoms with Crippen molar-refractivity contribution in [3.63, 3.8) is 0 Å². The fourth-order valence-electron chi connectivity index (χ4n) is 2.62. The molecule has 0 unspecified atom stereocenters. The Hall–Kier alpha value is -1.18. The van der Waals surface area contributed by atoms with Crippen LogP contribution < -0.4 is 10.6 Å². The van der Waals surface area contributed by atoms with Gasteiger partial charge in [-0.3, -0.25) is 4.90 Å². The Morgan fingerprint density at radius 3 is 3.00 bits per heavy atom. The summed E-state index contributed by atoms with van der Waals surface area (Å²) in [5, 5.41) is 5.75. The van der Waals surface area contributed by atoms with Crippen LogP contribution in [0.5, 0.6) is 0 Å². The molecule has 1 aliphatic rings. The quantitative estimate of drug-likeness (QED) is 0.823. The average molecular weight is 312 g/mol. The Kier molecular flexibility index (Phi) is 5.96. The molecule has 0 saturated carbocycles. The van der Waals surface area contributed by atoms with Gasteiger partial charge in [0.15, 0.2) is 0 Å². The molecule has 0 bridgehead atoms. The molecule has 2 heterocycles. The van der Waals surface area contributed by atoms with Gasteiger partial charge >= 0.3 is 6.03 Å². The summed E-state index contributed by atoms with van der Waals surface area (Å²) < 4.78 is 5.50. The van der Waals surface area contributed by atoms with E-state index in [0.717, 1.165) is 31.7 Å². The number of carbonyl (C=O) groups is 1. The first-order chi connectivity index (χ1) is 10.1. The zero-order chi connectivity index (χ0) is 15.2. The van der Waals surface area contributed by atoms with E-state index in [2.05, 4.69) is 20.5 Å². The molecule has 0 radical (unpaired) electrons. The summed E-state index contributed by atoms with van der Waals surface area (Å²) >= 11 is 1.71. The monoisotopic (exact) mass is 312 g/mol. The van der Waals surface area contributed by atoms with Gasteiger partial charge in [0, 0.05) is 38.2 Å². The van der Waals surface area contributed by atoms with Gasteiger partial charge in [-0.15, -0.1) is 11.3 Å². The zero-order valence-corrected chi connectivity index (χ0v) is 13.7. The zero-order valence-electron chi connectivity index (χ0n) is 12.9. The van der Waals surface area contributed by atoms with Crippen molar-refractivity contribution < 1.29 is 9.53 Å². The first-order valence-electron chi connectivity index (χ1n) is 7.32. The molecule has 118 valence electrons. The third-order valence-electron chi connectivity index (χ3n) is 3.80. The van der Waals surface area contributed by atoms with E-state index < -0.39 is 0 Å². The average Bonchev–Trinajstić information content (AvgIpc) is 3.03. The van der Waals surface area contributed by atoms with E-state index in [1.54, 1.807) is 18.4 Å². The lowest BCUT2D eigenvalue weighted by Crippen LogP contribution is -2.48. The highest BCUT2D eigenvalue weighted by atomic mass is 32.1.